The van der Waals surface area contributed by atoms with Crippen molar-refractivity contribution in [3.05, 3.63) is 35.3 Å². The largest absolute Gasteiger partial charge is 0.358 e. The molecule has 0 amide bonds. The molecule has 2 heteroatoms. The zero-order valence-corrected chi connectivity index (χ0v) is 12.0. The molecule has 0 saturated carbocycles. The van der Waals surface area contributed by atoms with Crippen molar-refractivity contribution in [2.75, 3.05) is 0 Å². The van der Waals surface area contributed by atoms with Crippen molar-refractivity contribution in [1.29, 1.82) is 0 Å². The monoisotopic (exact) mass is 259 g/mol. The molecule has 1 aromatic heterocycles. The number of benzene rings is 1. The van der Waals surface area contributed by atoms with Gasteiger partial charge in [0.15, 0.2) is 0 Å². The van der Waals surface area contributed by atoms with Crippen molar-refractivity contribution < 1.29 is 4.39 Å². The first-order valence-corrected chi connectivity index (χ1v) is 7.30. The number of halogens is 1. The van der Waals surface area contributed by atoms with Gasteiger partial charge in [0.05, 0.1) is 0 Å². The second-order valence-corrected chi connectivity index (χ2v) is 6.55. The Morgan fingerprint density at radius 3 is 2.89 bits per heavy atom. The topological polar surface area (TPSA) is 15.8 Å². The van der Waals surface area contributed by atoms with Crippen LogP contribution in [0.15, 0.2) is 18.2 Å². The van der Waals surface area contributed by atoms with Gasteiger partial charge in [-0.2, -0.15) is 0 Å². The molecule has 1 nitrogen and oxygen atoms in total. The van der Waals surface area contributed by atoms with Crippen LogP contribution in [0, 0.1) is 17.2 Å². The van der Waals surface area contributed by atoms with Crippen molar-refractivity contribution in [3.63, 3.8) is 0 Å². The fourth-order valence-corrected chi connectivity index (χ4v) is 3.34. The number of H-pyrrole nitrogens is 1. The standard InChI is InChI=1S/C17H22FN/c1-4-17(2,3)11-5-7-15-13(9-11)14-10-12(18)6-8-16(14)19-15/h6,8,10-11,19H,4-5,7,9H2,1-3H3. The zero-order valence-electron chi connectivity index (χ0n) is 12.0. The van der Waals surface area contributed by atoms with Gasteiger partial charge in [0, 0.05) is 16.6 Å². The second-order valence-electron chi connectivity index (χ2n) is 6.55. The summed E-state index contributed by atoms with van der Waals surface area (Å²) in [5.74, 6) is 0.568. The number of aromatic amines is 1. The maximum absolute atomic E-state index is 13.5. The molecule has 102 valence electrons. The molecule has 0 bridgehead atoms. The fraction of sp³-hybridized carbons (Fsp3) is 0.529. The highest BCUT2D eigenvalue weighted by Gasteiger charge is 2.32. The maximum Gasteiger partial charge on any atom is 0.123 e. The summed E-state index contributed by atoms with van der Waals surface area (Å²) in [5, 5.41) is 1.09. The van der Waals surface area contributed by atoms with Crippen LogP contribution in [0.5, 0.6) is 0 Å². The average molecular weight is 259 g/mol. The number of aryl methyl sites for hydroxylation is 1. The Bertz CT molecular complexity index is 609. The minimum atomic E-state index is -0.133. The summed E-state index contributed by atoms with van der Waals surface area (Å²) in [4.78, 5) is 3.47. The maximum atomic E-state index is 13.5. The van der Waals surface area contributed by atoms with Gasteiger partial charge >= 0.3 is 0 Å². The number of hydrogen-bond donors (Lipinski definition) is 1. The van der Waals surface area contributed by atoms with E-state index in [-0.39, 0.29) is 5.82 Å². The van der Waals surface area contributed by atoms with Crippen LogP contribution in [0.2, 0.25) is 0 Å². The van der Waals surface area contributed by atoms with Gasteiger partial charge in [-0.05, 0) is 54.4 Å². The van der Waals surface area contributed by atoms with Gasteiger partial charge in [-0.25, -0.2) is 4.39 Å². The summed E-state index contributed by atoms with van der Waals surface area (Å²) >= 11 is 0. The van der Waals surface area contributed by atoms with Gasteiger partial charge in [-0.15, -0.1) is 0 Å². The van der Waals surface area contributed by atoms with Gasteiger partial charge < -0.3 is 4.98 Å². The third-order valence-electron chi connectivity index (χ3n) is 5.17. The molecule has 0 radical (unpaired) electrons. The van der Waals surface area contributed by atoms with Crippen LogP contribution in [-0.4, -0.2) is 4.98 Å². The zero-order chi connectivity index (χ0) is 13.6. The summed E-state index contributed by atoms with van der Waals surface area (Å²) in [6.07, 6.45) is 4.62. The van der Waals surface area contributed by atoms with Crippen LogP contribution in [0.1, 0.15) is 44.9 Å². The number of nitrogens with one attached hydrogen (secondary N) is 1. The number of fused-ring (bicyclic) bond motifs is 3. The first-order chi connectivity index (χ1) is 9.01. The minimum Gasteiger partial charge on any atom is -0.358 e. The third kappa shape index (κ3) is 2.07. The summed E-state index contributed by atoms with van der Waals surface area (Å²) in [6, 6.07) is 5.09. The van der Waals surface area contributed by atoms with Crippen LogP contribution in [0.25, 0.3) is 10.9 Å². The predicted molar refractivity (Wildman–Crippen MR) is 77.8 cm³/mol. The van der Waals surface area contributed by atoms with Gasteiger partial charge in [-0.1, -0.05) is 27.2 Å². The molecule has 0 spiro atoms. The normalized spacial score (nSPS) is 19.7. The number of hydrogen-bond acceptors (Lipinski definition) is 0. The number of rotatable bonds is 2. The van der Waals surface area contributed by atoms with E-state index < -0.39 is 0 Å². The molecule has 19 heavy (non-hydrogen) atoms. The van der Waals surface area contributed by atoms with Crippen molar-refractivity contribution in [3.8, 4) is 0 Å². The minimum absolute atomic E-state index is 0.133. The summed E-state index contributed by atoms with van der Waals surface area (Å²) in [6.45, 7) is 6.99. The molecule has 1 aliphatic carbocycles. The fourth-order valence-electron chi connectivity index (χ4n) is 3.34. The van der Waals surface area contributed by atoms with Crippen molar-refractivity contribution in [2.45, 2.75) is 46.5 Å². The summed E-state index contributed by atoms with van der Waals surface area (Å²) in [7, 11) is 0. The molecule has 0 saturated heterocycles. The second kappa shape index (κ2) is 4.36. The Labute approximate surface area is 114 Å². The quantitative estimate of drug-likeness (QED) is 0.793. The lowest BCUT2D eigenvalue weighted by atomic mass is 9.69. The predicted octanol–water partition coefficient (Wildman–Crippen LogP) is 4.85. The van der Waals surface area contributed by atoms with E-state index >= 15 is 0 Å². The smallest absolute Gasteiger partial charge is 0.123 e. The van der Waals surface area contributed by atoms with E-state index in [0.717, 1.165) is 23.7 Å². The molecule has 3 rings (SSSR count). The Balaban J connectivity index is 2.04. The molecule has 1 N–H and O–H groups in total. The first-order valence-electron chi connectivity index (χ1n) is 7.30. The molecule has 1 unspecified atom stereocenters. The molecule has 1 atom stereocenters. The number of aromatic nitrogens is 1. The lowest BCUT2D eigenvalue weighted by Gasteiger charge is -2.36. The molecular weight excluding hydrogens is 237 g/mol. The lowest BCUT2D eigenvalue weighted by Crippen LogP contribution is -2.28. The van der Waals surface area contributed by atoms with E-state index in [1.54, 1.807) is 6.07 Å². The van der Waals surface area contributed by atoms with Gasteiger partial charge in [0.25, 0.3) is 0 Å². The third-order valence-corrected chi connectivity index (χ3v) is 5.17. The van der Waals surface area contributed by atoms with E-state index in [4.69, 9.17) is 0 Å². The van der Waals surface area contributed by atoms with Crippen LogP contribution in [0.4, 0.5) is 4.39 Å². The Morgan fingerprint density at radius 1 is 1.37 bits per heavy atom. The molecule has 0 fully saturated rings. The van der Waals surface area contributed by atoms with E-state index in [9.17, 15) is 4.39 Å². The molecule has 0 aliphatic heterocycles. The van der Waals surface area contributed by atoms with Crippen molar-refractivity contribution in [1.82, 2.24) is 4.98 Å². The van der Waals surface area contributed by atoms with Crippen LogP contribution in [-0.2, 0) is 12.8 Å². The van der Waals surface area contributed by atoms with Gasteiger partial charge in [0.2, 0.25) is 0 Å². The van der Waals surface area contributed by atoms with Gasteiger partial charge in [-0.3, -0.25) is 0 Å². The van der Waals surface area contributed by atoms with E-state index in [1.807, 2.05) is 6.07 Å². The highest BCUT2D eigenvalue weighted by Crippen LogP contribution is 2.41. The van der Waals surface area contributed by atoms with Crippen LogP contribution in [0.3, 0.4) is 0 Å². The van der Waals surface area contributed by atoms with Crippen molar-refractivity contribution in [2.24, 2.45) is 11.3 Å². The Morgan fingerprint density at radius 2 is 2.16 bits per heavy atom. The highest BCUT2D eigenvalue weighted by molar-refractivity contribution is 5.85. The first kappa shape index (κ1) is 12.7. The van der Waals surface area contributed by atoms with Gasteiger partial charge in [0.1, 0.15) is 5.82 Å². The van der Waals surface area contributed by atoms with E-state index in [0.29, 0.717) is 11.3 Å². The SMILES string of the molecule is CCC(C)(C)C1CCc2[nH]c3ccc(F)cc3c2C1. The van der Waals surface area contributed by atoms with E-state index in [2.05, 4.69) is 25.8 Å². The summed E-state index contributed by atoms with van der Waals surface area (Å²) in [5.41, 5.74) is 4.13. The lowest BCUT2D eigenvalue weighted by molar-refractivity contribution is 0.183. The average Bonchev–Trinajstić information content (AvgIpc) is 2.76. The molecule has 1 aliphatic rings. The van der Waals surface area contributed by atoms with Crippen molar-refractivity contribution >= 4 is 10.9 Å². The Hall–Kier alpha value is -1.31. The molecule has 1 heterocycles. The molecular formula is C17H22FN. The molecule has 2 aromatic rings. The molecule has 1 aromatic carbocycles. The van der Waals surface area contributed by atoms with Crippen LogP contribution >= 0.6 is 0 Å². The highest BCUT2D eigenvalue weighted by atomic mass is 19.1. The Kier molecular flexibility index (Phi) is 2.92. The van der Waals surface area contributed by atoms with E-state index in [1.165, 1.54) is 30.2 Å². The van der Waals surface area contributed by atoms with Crippen LogP contribution < -0.4 is 0 Å². The summed E-state index contributed by atoms with van der Waals surface area (Å²) < 4.78 is 13.5.